The van der Waals surface area contributed by atoms with Gasteiger partial charge in [0.25, 0.3) is 5.56 Å². The number of fused-ring (bicyclic) bond motifs is 1. The molecule has 0 amide bonds. The molecule has 0 fully saturated rings. The van der Waals surface area contributed by atoms with Crippen LogP contribution in [0.3, 0.4) is 0 Å². The van der Waals surface area contributed by atoms with Gasteiger partial charge in [0.1, 0.15) is 0 Å². The molecule has 156 valence electrons. The molecule has 30 heavy (non-hydrogen) atoms. The largest absolute Gasteiger partial charge is 0.383 e. The molecule has 3 heterocycles. The smallest absolute Gasteiger partial charge is 0.262 e. The van der Waals surface area contributed by atoms with Crippen molar-refractivity contribution in [2.24, 2.45) is 0 Å². The maximum absolute atomic E-state index is 12.9. The maximum atomic E-state index is 12.9. The second-order valence-corrected chi connectivity index (χ2v) is 8.89. The van der Waals surface area contributed by atoms with Crippen molar-refractivity contribution in [1.29, 1.82) is 0 Å². The van der Waals surface area contributed by atoms with Crippen molar-refractivity contribution in [3.8, 4) is 10.7 Å². The normalized spacial score (nSPS) is 11.4. The molecule has 0 radical (unpaired) electrons. The number of hydrogen-bond acceptors (Lipinski definition) is 8. The molecule has 4 aromatic rings. The Kier molecular flexibility index (Phi) is 6.83. The van der Waals surface area contributed by atoms with Crippen molar-refractivity contribution in [2.45, 2.75) is 24.5 Å². The number of aryl methyl sites for hydroxylation is 1. The first-order chi connectivity index (χ1) is 14.7. The van der Waals surface area contributed by atoms with Gasteiger partial charge in [-0.05, 0) is 36.1 Å². The Balaban J connectivity index is 1.45. The lowest BCUT2D eigenvalue weighted by Gasteiger charge is -2.12. The highest BCUT2D eigenvalue weighted by Crippen LogP contribution is 2.23. The van der Waals surface area contributed by atoms with Gasteiger partial charge >= 0.3 is 0 Å². The van der Waals surface area contributed by atoms with Crippen molar-refractivity contribution in [3.05, 3.63) is 57.0 Å². The highest BCUT2D eigenvalue weighted by molar-refractivity contribution is 7.99. The first-order valence-electron chi connectivity index (χ1n) is 9.34. The molecule has 0 aliphatic carbocycles. The van der Waals surface area contributed by atoms with E-state index < -0.39 is 0 Å². The first-order valence-corrected chi connectivity index (χ1v) is 11.6. The molecule has 0 aliphatic rings. The zero-order valence-electron chi connectivity index (χ0n) is 16.2. The topological polar surface area (TPSA) is 83.0 Å². The van der Waals surface area contributed by atoms with E-state index in [1.54, 1.807) is 41.2 Å². The van der Waals surface area contributed by atoms with Gasteiger partial charge < -0.3 is 9.26 Å². The number of methoxy groups -OCH3 is 1. The highest BCUT2D eigenvalue weighted by Gasteiger charge is 2.13. The molecule has 0 unspecified atom stereocenters. The summed E-state index contributed by atoms with van der Waals surface area (Å²) >= 11 is 9.18. The fourth-order valence-corrected chi connectivity index (χ4v) is 4.69. The zero-order chi connectivity index (χ0) is 20.9. The van der Waals surface area contributed by atoms with Crippen LogP contribution in [0, 0.1) is 0 Å². The zero-order valence-corrected chi connectivity index (χ0v) is 18.6. The van der Waals surface area contributed by atoms with E-state index in [1.807, 2.05) is 17.5 Å². The van der Waals surface area contributed by atoms with Crippen LogP contribution in [0.1, 0.15) is 12.3 Å². The van der Waals surface area contributed by atoms with Crippen molar-refractivity contribution < 1.29 is 9.26 Å². The number of rotatable bonds is 9. The third-order valence-corrected chi connectivity index (χ3v) is 6.54. The summed E-state index contributed by atoms with van der Waals surface area (Å²) in [5.41, 5.74) is 0.509. The van der Waals surface area contributed by atoms with E-state index in [0.717, 1.165) is 17.1 Å². The molecule has 7 nitrogen and oxygen atoms in total. The summed E-state index contributed by atoms with van der Waals surface area (Å²) in [7, 11) is 1.61. The fourth-order valence-electron chi connectivity index (χ4n) is 2.91. The van der Waals surface area contributed by atoms with Crippen molar-refractivity contribution in [3.63, 3.8) is 0 Å². The lowest BCUT2D eigenvalue weighted by Crippen LogP contribution is -2.25. The van der Waals surface area contributed by atoms with Gasteiger partial charge in [-0.3, -0.25) is 9.36 Å². The van der Waals surface area contributed by atoms with E-state index in [-0.39, 0.29) is 5.56 Å². The summed E-state index contributed by atoms with van der Waals surface area (Å²) in [4.78, 5) is 23.0. The summed E-state index contributed by atoms with van der Waals surface area (Å²) in [6, 6.07) is 9.06. The minimum atomic E-state index is -0.0892. The van der Waals surface area contributed by atoms with E-state index in [1.165, 1.54) is 11.8 Å². The molecule has 0 bridgehead atoms. The molecule has 0 spiro atoms. The molecule has 0 atom stereocenters. The summed E-state index contributed by atoms with van der Waals surface area (Å²) in [6.07, 6.45) is 1.47. The molecule has 0 aliphatic heterocycles. The number of thiophene rings is 1. The second-order valence-electron chi connectivity index (χ2n) is 6.45. The number of aromatic nitrogens is 4. The molecular formula is C20H19ClN4O3S2. The van der Waals surface area contributed by atoms with Crippen LogP contribution in [0.2, 0.25) is 5.02 Å². The molecule has 0 N–H and O–H groups in total. The van der Waals surface area contributed by atoms with E-state index in [0.29, 0.717) is 52.4 Å². The Morgan fingerprint density at radius 3 is 3.00 bits per heavy atom. The van der Waals surface area contributed by atoms with Gasteiger partial charge in [0.05, 0.1) is 28.9 Å². The van der Waals surface area contributed by atoms with Crippen LogP contribution in [0.25, 0.3) is 21.6 Å². The molecule has 3 aromatic heterocycles. The van der Waals surface area contributed by atoms with E-state index >= 15 is 0 Å². The summed E-state index contributed by atoms with van der Waals surface area (Å²) in [6.45, 7) is 0.874. The van der Waals surface area contributed by atoms with Gasteiger partial charge in [0, 0.05) is 24.3 Å². The number of hydrogen-bond donors (Lipinski definition) is 0. The molecule has 10 heteroatoms. The lowest BCUT2D eigenvalue weighted by molar-refractivity contribution is 0.183. The summed E-state index contributed by atoms with van der Waals surface area (Å²) in [5.74, 6) is 1.98. The van der Waals surface area contributed by atoms with Crippen LogP contribution < -0.4 is 5.56 Å². The minimum absolute atomic E-state index is 0.0892. The van der Waals surface area contributed by atoms with Gasteiger partial charge in [0.2, 0.25) is 11.7 Å². The van der Waals surface area contributed by atoms with Gasteiger partial charge in [-0.25, -0.2) is 4.98 Å². The number of halogens is 1. The molecular weight excluding hydrogens is 444 g/mol. The monoisotopic (exact) mass is 462 g/mol. The Morgan fingerprint density at radius 1 is 1.30 bits per heavy atom. The summed E-state index contributed by atoms with van der Waals surface area (Å²) < 4.78 is 12.2. The standard InChI is InChI=1S/C20H19ClN4O3S2/c1-27-9-8-25-19(26)14-7-6-13(21)12-15(14)22-20(25)30-11-3-5-17-23-18(24-28-17)16-4-2-10-29-16/h2,4,6-7,10,12H,3,5,8-9,11H2,1H3. The average Bonchev–Trinajstić information content (AvgIpc) is 3.42. The van der Waals surface area contributed by atoms with E-state index in [4.69, 9.17) is 20.9 Å². The van der Waals surface area contributed by atoms with Crippen LogP contribution in [0.5, 0.6) is 0 Å². The number of thioether (sulfide) groups is 1. The van der Waals surface area contributed by atoms with Crippen LogP contribution in [-0.4, -0.2) is 39.2 Å². The minimum Gasteiger partial charge on any atom is -0.383 e. The van der Waals surface area contributed by atoms with Crippen LogP contribution in [0.15, 0.2) is 50.2 Å². The third-order valence-electron chi connectivity index (χ3n) is 4.38. The van der Waals surface area contributed by atoms with Gasteiger partial charge in [-0.15, -0.1) is 11.3 Å². The Morgan fingerprint density at radius 2 is 2.20 bits per heavy atom. The molecule has 0 saturated heterocycles. The molecule has 1 aromatic carbocycles. The maximum Gasteiger partial charge on any atom is 0.262 e. The SMILES string of the molecule is COCCn1c(SCCCc2nc(-c3cccs3)no2)nc2cc(Cl)ccc2c1=O. The predicted molar refractivity (Wildman–Crippen MR) is 120 cm³/mol. The summed E-state index contributed by atoms with van der Waals surface area (Å²) in [5, 5.41) is 7.76. The highest BCUT2D eigenvalue weighted by atomic mass is 35.5. The van der Waals surface area contributed by atoms with Crippen LogP contribution in [0.4, 0.5) is 0 Å². The van der Waals surface area contributed by atoms with E-state index in [2.05, 4.69) is 15.1 Å². The van der Waals surface area contributed by atoms with Crippen molar-refractivity contribution >= 4 is 45.6 Å². The molecule has 0 saturated carbocycles. The number of benzene rings is 1. The number of ether oxygens (including phenoxy) is 1. The van der Waals surface area contributed by atoms with Gasteiger partial charge in [-0.1, -0.05) is 34.6 Å². The fraction of sp³-hybridized carbons (Fsp3) is 0.300. The Hall–Kier alpha value is -2.20. The first kappa shape index (κ1) is 21.0. The van der Waals surface area contributed by atoms with Gasteiger partial charge in [0.15, 0.2) is 5.16 Å². The quantitative estimate of drug-likeness (QED) is 0.205. The predicted octanol–water partition coefficient (Wildman–Crippen LogP) is 4.53. The van der Waals surface area contributed by atoms with Crippen molar-refractivity contribution in [1.82, 2.24) is 19.7 Å². The Bertz CT molecular complexity index is 1190. The lowest BCUT2D eigenvalue weighted by atomic mass is 10.2. The van der Waals surface area contributed by atoms with Gasteiger partial charge in [-0.2, -0.15) is 4.98 Å². The van der Waals surface area contributed by atoms with Crippen LogP contribution >= 0.6 is 34.7 Å². The second kappa shape index (κ2) is 9.74. The average molecular weight is 463 g/mol. The molecule has 4 rings (SSSR count). The number of nitrogens with zero attached hydrogens (tertiary/aromatic N) is 4. The van der Waals surface area contributed by atoms with E-state index in [9.17, 15) is 4.79 Å². The van der Waals surface area contributed by atoms with Crippen LogP contribution in [-0.2, 0) is 17.7 Å². The third kappa shape index (κ3) is 4.75. The Labute approximate surface area is 186 Å². The van der Waals surface area contributed by atoms with Crippen molar-refractivity contribution in [2.75, 3.05) is 19.5 Å².